The molecule has 28 heavy (non-hydrogen) atoms. The van der Waals surface area contributed by atoms with E-state index in [9.17, 15) is 9.59 Å². The Kier molecular flexibility index (Phi) is 9.22. The number of benzene rings is 2. The molecule has 5 heteroatoms. The smallest absolute Gasteiger partial charge is 0.232 e. The van der Waals surface area contributed by atoms with Gasteiger partial charge in [-0.15, -0.1) is 0 Å². The van der Waals surface area contributed by atoms with Crippen molar-refractivity contribution in [3.8, 4) is 0 Å². The zero-order valence-electron chi connectivity index (χ0n) is 17.0. The zero-order chi connectivity index (χ0) is 20.2. The number of rotatable bonds is 11. The minimum atomic E-state index is -0.0832. The minimum absolute atomic E-state index is 0.0658. The Morgan fingerprint density at radius 3 is 1.89 bits per heavy atom. The number of carbonyl (C=O) groups is 2. The van der Waals surface area contributed by atoms with Gasteiger partial charge in [-0.1, -0.05) is 36.4 Å². The van der Waals surface area contributed by atoms with Crippen LogP contribution in [0.5, 0.6) is 0 Å². The van der Waals surface area contributed by atoms with Crippen LogP contribution < -0.4 is 15.1 Å². The first-order valence-electron chi connectivity index (χ1n) is 10.2. The van der Waals surface area contributed by atoms with Crippen molar-refractivity contribution in [1.82, 2.24) is 5.32 Å². The monoisotopic (exact) mass is 382 g/mol. The van der Waals surface area contributed by atoms with E-state index in [1.165, 1.54) is 4.90 Å². The molecule has 0 saturated carbocycles. The molecule has 2 rings (SSSR count). The molecule has 0 bridgehead atoms. The van der Waals surface area contributed by atoms with Crippen molar-refractivity contribution in [2.24, 2.45) is 0 Å². The van der Waals surface area contributed by atoms with Gasteiger partial charge in [0, 0.05) is 37.2 Å². The van der Waals surface area contributed by atoms with E-state index in [0.717, 1.165) is 37.4 Å². The second kappa shape index (κ2) is 11.9. The predicted octanol–water partition coefficient (Wildman–Crippen LogP) is 2.56. The summed E-state index contributed by atoms with van der Waals surface area (Å²) < 4.78 is 0. The number of hydrogen-bond acceptors (Lipinski definition) is 2. The fraction of sp³-hybridized carbons (Fsp3) is 0.391. The van der Waals surface area contributed by atoms with Gasteiger partial charge in [0.15, 0.2) is 0 Å². The molecule has 0 heterocycles. The minimum Gasteiger partial charge on any atom is -0.356 e. The third kappa shape index (κ3) is 6.82. The third-order valence-corrected chi connectivity index (χ3v) is 4.87. The molecule has 2 N–H and O–H groups in total. The van der Waals surface area contributed by atoms with E-state index < -0.39 is 0 Å². The summed E-state index contributed by atoms with van der Waals surface area (Å²) >= 11 is 0. The number of anilines is 2. The molecule has 0 saturated heterocycles. The van der Waals surface area contributed by atoms with Crippen LogP contribution in [0.2, 0.25) is 0 Å². The maximum absolute atomic E-state index is 12.9. The molecular formula is C23H32N3O2+. The summed E-state index contributed by atoms with van der Waals surface area (Å²) in [5.41, 5.74) is 1.61. The number of nitrogens with zero attached hydrogens (tertiary/aromatic N) is 1. The summed E-state index contributed by atoms with van der Waals surface area (Å²) in [6, 6.07) is 19.1. The number of hydrogen-bond donors (Lipinski definition) is 2. The van der Waals surface area contributed by atoms with Crippen molar-refractivity contribution in [1.29, 1.82) is 0 Å². The Bertz CT molecular complexity index is 676. The second-order valence-corrected chi connectivity index (χ2v) is 6.81. The molecule has 0 spiro atoms. The van der Waals surface area contributed by atoms with Crippen molar-refractivity contribution in [3.05, 3.63) is 60.7 Å². The standard InChI is InChI=1S/C23H31N3O2/c1-3-25(4-2)19-11-18-24-22(27)16-17-23(28)26(20-12-7-5-8-13-20)21-14-9-6-10-15-21/h5-10,12-15H,3-4,11,16-19H2,1-2H3,(H,24,27)/p+1. The Morgan fingerprint density at radius 2 is 1.39 bits per heavy atom. The van der Waals surface area contributed by atoms with Crippen molar-refractivity contribution < 1.29 is 14.5 Å². The van der Waals surface area contributed by atoms with Crippen LogP contribution >= 0.6 is 0 Å². The van der Waals surface area contributed by atoms with E-state index in [1.54, 1.807) is 4.90 Å². The van der Waals surface area contributed by atoms with E-state index in [0.29, 0.717) is 6.54 Å². The molecule has 0 aliphatic heterocycles. The van der Waals surface area contributed by atoms with Crippen LogP contribution in [0.3, 0.4) is 0 Å². The van der Waals surface area contributed by atoms with Gasteiger partial charge in [-0.05, 0) is 38.1 Å². The Morgan fingerprint density at radius 1 is 0.857 bits per heavy atom. The highest BCUT2D eigenvalue weighted by Crippen LogP contribution is 2.26. The normalized spacial score (nSPS) is 10.7. The summed E-state index contributed by atoms with van der Waals surface area (Å²) in [4.78, 5) is 28.2. The van der Waals surface area contributed by atoms with Crippen molar-refractivity contribution in [2.75, 3.05) is 31.1 Å². The number of nitrogens with one attached hydrogen (secondary N) is 2. The number of quaternary nitrogens is 1. The fourth-order valence-corrected chi connectivity index (χ4v) is 3.18. The van der Waals surface area contributed by atoms with Crippen LogP contribution in [-0.4, -0.2) is 38.0 Å². The molecule has 2 aromatic carbocycles. The molecule has 2 amide bonds. The molecule has 0 atom stereocenters. The highest BCUT2D eigenvalue weighted by atomic mass is 16.2. The first kappa shape index (κ1) is 21.6. The number of carbonyl (C=O) groups excluding carboxylic acids is 2. The lowest BCUT2D eigenvalue weighted by atomic mass is 10.2. The van der Waals surface area contributed by atoms with Crippen molar-refractivity contribution in [2.45, 2.75) is 33.1 Å². The predicted molar refractivity (Wildman–Crippen MR) is 114 cm³/mol. The summed E-state index contributed by atoms with van der Waals surface area (Å²) in [7, 11) is 0. The molecule has 0 fully saturated rings. The van der Waals surface area contributed by atoms with Crippen LogP contribution in [0, 0.1) is 0 Å². The van der Waals surface area contributed by atoms with Crippen LogP contribution in [0.1, 0.15) is 33.1 Å². The quantitative estimate of drug-likeness (QED) is 0.587. The van der Waals surface area contributed by atoms with Gasteiger partial charge in [0.2, 0.25) is 11.8 Å². The molecule has 0 unspecified atom stereocenters. The van der Waals surface area contributed by atoms with E-state index in [1.807, 2.05) is 60.7 Å². The van der Waals surface area contributed by atoms with E-state index >= 15 is 0 Å². The van der Waals surface area contributed by atoms with Crippen molar-refractivity contribution >= 4 is 23.2 Å². The van der Waals surface area contributed by atoms with Gasteiger partial charge >= 0.3 is 0 Å². The lowest BCUT2D eigenvalue weighted by Crippen LogP contribution is -3.11. The number of para-hydroxylation sites is 2. The molecular weight excluding hydrogens is 350 g/mol. The van der Waals surface area contributed by atoms with E-state index in [-0.39, 0.29) is 24.7 Å². The third-order valence-electron chi connectivity index (χ3n) is 4.87. The molecule has 150 valence electrons. The van der Waals surface area contributed by atoms with Gasteiger partial charge in [0.1, 0.15) is 0 Å². The van der Waals surface area contributed by atoms with Gasteiger partial charge in [0.25, 0.3) is 0 Å². The second-order valence-electron chi connectivity index (χ2n) is 6.81. The van der Waals surface area contributed by atoms with Gasteiger partial charge in [0.05, 0.1) is 19.6 Å². The highest BCUT2D eigenvalue weighted by molar-refractivity contribution is 6.01. The Hall–Kier alpha value is -2.66. The van der Waals surface area contributed by atoms with E-state index in [4.69, 9.17) is 0 Å². The Balaban J connectivity index is 1.87. The SMILES string of the molecule is CC[NH+](CC)CCCNC(=O)CCC(=O)N(c1ccccc1)c1ccccc1. The van der Waals surface area contributed by atoms with Crippen LogP contribution in [0.25, 0.3) is 0 Å². The van der Waals surface area contributed by atoms with Gasteiger partial charge in [-0.2, -0.15) is 0 Å². The van der Waals surface area contributed by atoms with Crippen molar-refractivity contribution in [3.63, 3.8) is 0 Å². The summed E-state index contributed by atoms with van der Waals surface area (Å²) in [5.74, 6) is -0.149. The average Bonchev–Trinajstić information content (AvgIpc) is 2.74. The average molecular weight is 383 g/mol. The summed E-state index contributed by atoms with van der Waals surface area (Å²) in [6.07, 6.45) is 1.33. The van der Waals surface area contributed by atoms with Crippen LogP contribution in [0.15, 0.2) is 60.7 Å². The van der Waals surface area contributed by atoms with E-state index in [2.05, 4.69) is 19.2 Å². The van der Waals surface area contributed by atoms with Gasteiger partial charge < -0.3 is 10.2 Å². The molecule has 0 aliphatic rings. The van der Waals surface area contributed by atoms with Gasteiger partial charge in [-0.3, -0.25) is 14.5 Å². The lowest BCUT2D eigenvalue weighted by Gasteiger charge is -2.23. The first-order chi connectivity index (χ1) is 13.7. The summed E-state index contributed by atoms with van der Waals surface area (Å²) in [6.45, 7) is 8.28. The van der Waals surface area contributed by atoms with Crippen LogP contribution in [-0.2, 0) is 9.59 Å². The zero-order valence-corrected chi connectivity index (χ0v) is 17.0. The maximum Gasteiger partial charge on any atom is 0.232 e. The molecule has 0 radical (unpaired) electrons. The molecule has 5 nitrogen and oxygen atoms in total. The van der Waals surface area contributed by atoms with Crippen LogP contribution in [0.4, 0.5) is 11.4 Å². The Labute approximate surface area is 168 Å². The first-order valence-corrected chi connectivity index (χ1v) is 10.2. The molecule has 0 aromatic heterocycles. The van der Waals surface area contributed by atoms with Gasteiger partial charge in [-0.25, -0.2) is 0 Å². The number of amides is 2. The molecule has 0 aliphatic carbocycles. The maximum atomic E-state index is 12.9. The highest BCUT2D eigenvalue weighted by Gasteiger charge is 2.18. The topological polar surface area (TPSA) is 53.9 Å². The molecule has 2 aromatic rings. The lowest BCUT2D eigenvalue weighted by molar-refractivity contribution is -0.896. The fourth-order valence-electron chi connectivity index (χ4n) is 3.18. The summed E-state index contributed by atoms with van der Waals surface area (Å²) in [5, 5.41) is 2.94. The largest absolute Gasteiger partial charge is 0.356 e.